The normalized spacial score (nSPS) is 11.0. The maximum atomic E-state index is 9.52. The number of hydrogen-bond acceptors (Lipinski definition) is 4. The van der Waals surface area contributed by atoms with Gasteiger partial charge in [0.05, 0.1) is 16.6 Å². The van der Waals surface area contributed by atoms with Gasteiger partial charge >= 0.3 is 0 Å². The zero-order valence-electron chi connectivity index (χ0n) is 13.1. The molecule has 3 rings (SSSR count). The van der Waals surface area contributed by atoms with E-state index < -0.39 is 0 Å². The lowest BCUT2D eigenvalue weighted by atomic mass is 10.1. The molecule has 0 aliphatic rings. The van der Waals surface area contributed by atoms with Crippen molar-refractivity contribution in [1.82, 2.24) is 9.97 Å². The molecule has 0 saturated carbocycles. The summed E-state index contributed by atoms with van der Waals surface area (Å²) < 4.78 is 5.40. The number of nitrogens with one attached hydrogen (secondary N) is 1. The Labute approximate surface area is 139 Å². The van der Waals surface area contributed by atoms with Crippen molar-refractivity contribution in [2.24, 2.45) is 0 Å². The highest BCUT2D eigenvalue weighted by molar-refractivity contribution is 5.91. The van der Waals surface area contributed by atoms with Gasteiger partial charge in [-0.3, -0.25) is 0 Å². The molecule has 0 bridgehead atoms. The number of imidazole rings is 1. The van der Waals surface area contributed by atoms with Crippen molar-refractivity contribution in [3.05, 3.63) is 59.4 Å². The van der Waals surface area contributed by atoms with Crippen molar-refractivity contribution in [2.75, 3.05) is 6.61 Å². The van der Waals surface area contributed by atoms with Crippen LogP contribution < -0.4 is 4.74 Å². The van der Waals surface area contributed by atoms with Crippen LogP contribution in [0.1, 0.15) is 17.0 Å². The quantitative estimate of drug-likeness (QED) is 0.741. The molecule has 2 aromatic carbocycles. The molecule has 0 saturated heterocycles. The van der Waals surface area contributed by atoms with Crippen LogP contribution in [0.15, 0.2) is 42.5 Å². The van der Waals surface area contributed by atoms with Gasteiger partial charge in [0, 0.05) is 5.56 Å². The van der Waals surface area contributed by atoms with Gasteiger partial charge in [-0.15, -0.1) is 0 Å². The van der Waals surface area contributed by atoms with Crippen molar-refractivity contribution in [3.8, 4) is 17.9 Å². The molecule has 1 N–H and O–H groups in total. The number of benzene rings is 2. The summed E-state index contributed by atoms with van der Waals surface area (Å²) in [7, 11) is 0. The number of aromatic amines is 1. The number of aromatic nitrogens is 2. The molecule has 24 heavy (non-hydrogen) atoms. The first-order chi connectivity index (χ1) is 11.7. The second-order valence-electron chi connectivity index (χ2n) is 5.26. The molecule has 0 aliphatic heterocycles. The maximum Gasteiger partial charge on any atom is 0.174 e. The molecular weight excluding hydrogens is 300 g/mol. The number of fused-ring (bicyclic) bond motifs is 1. The summed E-state index contributed by atoms with van der Waals surface area (Å²) in [5.74, 6) is 1.06. The molecule has 0 spiro atoms. The summed E-state index contributed by atoms with van der Waals surface area (Å²) in [4.78, 5) is 7.65. The Hall–Kier alpha value is -3.57. The summed E-state index contributed by atoms with van der Waals surface area (Å²) in [6, 6.07) is 17.3. The first kappa shape index (κ1) is 15.3. The fourth-order valence-corrected chi connectivity index (χ4v) is 2.40. The monoisotopic (exact) mass is 314 g/mol. The minimum absolute atomic E-state index is 0.0450. The highest BCUT2D eigenvalue weighted by Gasteiger charge is 2.10. The number of nitrogens with zero attached hydrogens (tertiary/aromatic N) is 3. The maximum absolute atomic E-state index is 9.52. The second-order valence-corrected chi connectivity index (χ2v) is 5.26. The Morgan fingerprint density at radius 2 is 2.08 bits per heavy atom. The minimum atomic E-state index is -0.0450. The lowest BCUT2D eigenvalue weighted by Gasteiger charge is -2.05. The molecular formula is C19H14N4O. The molecule has 1 heterocycles. The van der Waals surface area contributed by atoms with Gasteiger partial charge in [-0.2, -0.15) is 10.5 Å². The van der Waals surface area contributed by atoms with E-state index in [0.717, 1.165) is 22.2 Å². The van der Waals surface area contributed by atoms with E-state index in [-0.39, 0.29) is 6.61 Å². The van der Waals surface area contributed by atoms with Crippen LogP contribution in [0, 0.1) is 29.6 Å². The molecule has 0 fully saturated rings. The molecule has 3 aromatic rings. The fourth-order valence-electron chi connectivity index (χ4n) is 2.40. The first-order valence-electron chi connectivity index (χ1n) is 7.38. The number of ether oxygens (including phenoxy) is 1. The van der Waals surface area contributed by atoms with Crippen molar-refractivity contribution >= 4 is 22.7 Å². The number of aryl methyl sites for hydroxylation is 1. The van der Waals surface area contributed by atoms with Gasteiger partial charge in [0.1, 0.15) is 23.7 Å². The molecule has 0 atom stereocenters. The van der Waals surface area contributed by atoms with Crippen LogP contribution in [-0.4, -0.2) is 16.6 Å². The number of hydrogen-bond donors (Lipinski definition) is 1. The number of rotatable bonds is 4. The van der Waals surface area contributed by atoms with Crippen LogP contribution in [0.3, 0.4) is 0 Å². The average molecular weight is 314 g/mol. The highest BCUT2D eigenvalue weighted by Crippen LogP contribution is 2.25. The standard InChI is InChI=1S/C19H14N4O/c1-13-6-7-16-17(10-13)23-19(22-16)15(12-21)11-14-4-2-3-5-18(14)24-9-8-20/h2-7,10-11H,9H2,1H3,(H,22,23)/b15-11-. The Bertz CT molecular complexity index is 1000. The summed E-state index contributed by atoms with van der Waals surface area (Å²) in [6.07, 6.45) is 1.71. The zero-order chi connectivity index (χ0) is 16.9. The number of H-pyrrole nitrogens is 1. The zero-order valence-corrected chi connectivity index (χ0v) is 13.1. The summed E-state index contributed by atoms with van der Waals surface area (Å²) in [6.45, 7) is 1.96. The molecule has 0 amide bonds. The predicted molar refractivity (Wildman–Crippen MR) is 91.9 cm³/mol. The third-order valence-electron chi connectivity index (χ3n) is 3.52. The van der Waals surface area contributed by atoms with E-state index in [9.17, 15) is 5.26 Å². The molecule has 0 unspecified atom stereocenters. The molecule has 0 radical (unpaired) electrons. The lowest BCUT2D eigenvalue weighted by molar-refractivity contribution is 0.367. The van der Waals surface area contributed by atoms with E-state index in [1.165, 1.54) is 0 Å². The number of allylic oxidation sites excluding steroid dienone is 1. The van der Waals surface area contributed by atoms with Crippen LogP contribution in [0.2, 0.25) is 0 Å². The Morgan fingerprint density at radius 3 is 2.88 bits per heavy atom. The topological polar surface area (TPSA) is 85.5 Å². The van der Waals surface area contributed by atoms with Crippen LogP contribution >= 0.6 is 0 Å². The van der Waals surface area contributed by atoms with Crippen molar-refractivity contribution in [3.63, 3.8) is 0 Å². The van der Waals surface area contributed by atoms with E-state index in [2.05, 4.69) is 16.0 Å². The van der Waals surface area contributed by atoms with Crippen LogP contribution in [0.4, 0.5) is 0 Å². The molecule has 0 aliphatic carbocycles. The van der Waals surface area contributed by atoms with E-state index in [1.54, 1.807) is 12.1 Å². The summed E-state index contributed by atoms with van der Waals surface area (Å²) in [5, 5.41) is 18.2. The molecule has 116 valence electrons. The first-order valence-corrected chi connectivity index (χ1v) is 7.38. The van der Waals surface area contributed by atoms with Crippen LogP contribution in [0.25, 0.3) is 22.7 Å². The van der Waals surface area contributed by atoms with E-state index in [0.29, 0.717) is 17.1 Å². The van der Waals surface area contributed by atoms with E-state index >= 15 is 0 Å². The second kappa shape index (κ2) is 6.68. The number of para-hydroxylation sites is 1. The predicted octanol–water partition coefficient (Wildman–Crippen LogP) is 3.84. The molecule has 1 aromatic heterocycles. The fraction of sp³-hybridized carbons (Fsp3) is 0.105. The van der Waals surface area contributed by atoms with Crippen molar-refractivity contribution in [2.45, 2.75) is 6.92 Å². The third-order valence-corrected chi connectivity index (χ3v) is 3.52. The lowest BCUT2D eigenvalue weighted by Crippen LogP contribution is -1.95. The van der Waals surface area contributed by atoms with Gasteiger partial charge < -0.3 is 9.72 Å². The van der Waals surface area contributed by atoms with E-state index in [4.69, 9.17) is 10.00 Å². The van der Waals surface area contributed by atoms with Gasteiger partial charge in [-0.25, -0.2) is 4.98 Å². The average Bonchev–Trinajstić information content (AvgIpc) is 3.01. The van der Waals surface area contributed by atoms with Gasteiger partial charge in [-0.1, -0.05) is 24.3 Å². The van der Waals surface area contributed by atoms with E-state index in [1.807, 2.05) is 49.4 Å². The Balaban J connectivity index is 2.03. The minimum Gasteiger partial charge on any atom is -0.478 e. The van der Waals surface area contributed by atoms with Gasteiger partial charge in [0.15, 0.2) is 6.61 Å². The summed E-state index contributed by atoms with van der Waals surface area (Å²) >= 11 is 0. The smallest absolute Gasteiger partial charge is 0.174 e. The molecule has 5 nitrogen and oxygen atoms in total. The van der Waals surface area contributed by atoms with Crippen molar-refractivity contribution < 1.29 is 4.74 Å². The summed E-state index contributed by atoms with van der Waals surface area (Å²) in [5.41, 5.74) is 3.94. The number of nitriles is 2. The molecule has 5 heteroatoms. The van der Waals surface area contributed by atoms with Gasteiger partial charge in [-0.05, 0) is 36.8 Å². The van der Waals surface area contributed by atoms with Crippen molar-refractivity contribution in [1.29, 1.82) is 10.5 Å². The highest BCUT2D eigenvalue weighted by atomic mass is 16.5. The Kier molecular flexibility index (Phi) is 4.27. The van der Waals surface area contributed by atoms with Crippen LogP contribution in [-0.2, 0) is 0 Å². The van der Waals surface area contributed by atoms with Gasteiger partial charge in [0.2, 0.25) is 0 Å². The largest absolute Gasteiger partial charge is 0.478 e. The SMILES string of the molecule is Cc1ccc2nc(/C(C#N)=C\c3ccccc3OCC#N)[nH]c2c1. The van der Waals surface area contributed by atoms with Gasteiger partial charge in [0.25, 0.3) is 0 Å². The van der Waals surface area contributed by atoms with Crippen LogP contribution in [0.5, 0.6) is 5.75 Å². The third kappa shape index (κ3) is 3.11. The Morgan fingerprint density at radius 1 is 1.25 bits per heavy atom.